The summed E-state index contributed by atoms with van der Waals surface area (Å²) in [4.78, 5) is 17.5. The minimum absolute atomic E-state index is 0.0198. The van der Waals surface area contributed by atoms with Crippen LogP contribution in [0.25, 0.3) is 10.9 Å². The maximum Gasteiger partial charge on any atom is 0.240 e. The molecule has 0 spiro atoms. The Kier molecular flexibility index (Phi) is 7.07. The molecule has 1 amide bonds. The quantitative estimate of drug-likeness (QED) is 0.456. The summed E-state index contributed by atoms with van der Waals surface area (Å²) in [5, 5.41) is 4.78. The normalized spacial score (nSPS) is 14.6. The molecule has 0 bridgehead atoms. The molecule has 0 aliphatic heterocycles. The molecule has 3 aromatic rings. The largest absolute Gasteiger partial charge is 0.325 e. The van der Waals surface area contributed by atoms with Gasteiger partial charge in [-0.1, -0.05) is 36.2 Å². The highest BCUT2D eigenvalue weighted by Crippen LogP contribution is 2.27. The Morgan fingerprint density at radius 1 is 1.03 bits per heavy atom. The summed E-state index contributed by atoms with van der Waals surface area (Å²) < 4.78 is 27.8. The number of aromatic nitrogens is 1. The molecule has 0 unspecified atom stereocenters. The molecule has 8 heteroatoms. The molecular weight excluding hydrogens is 454 g/mol. The van der Waals surface area contributed by atoms with Crippen molar-refractivity contribution < 1.29 is 13.2 Å². The Morgan fingerprint density at radius 2 is 1.73 bits per heavy atom. The smallest absolute Gasteiger partial charge is 0.240 e. The Hall–Kier alpha value is -2.42. The minimum atomic E-state index is -3.54. The number of sulfonamides is 1. The van der Waals surface area contributed by atoms with E-state index in [9.17, 15) is 13.2 Å². The average molecular weight is 484 g/mol. The van der Waals surface area contributed by atoms with Crippen LogP contribution in [0.15, 0.2) is 52.4 Å². The number of pyridine rings is 1. The Morgan fingerprint density at radius 3 is 2.42 bits per heavy atom. The van der Waals surface area contributed by atoms with Gasteiger partial charge in [0.05, 0.1) is 16.2 Å². The number of aryl methyl sites for hydroxylation is 3. The molecule has 1 aromatic heterocycles. The molecule has 4 rings (SSSR count). The molecular formula is C25H29N3O3S2. The number of benzene rings is 2. The van der Waals surface area contributed by atoms with Gasteiger partial charge < -0.3 is 5.32 Å². The molecule has 2 aromatic carbocycles. The first-order chi connectivity index (χ1) is 15.7. The molecule has 174 valence electrons. The second-order valence-electron chi connectivity index (χ2n) is 8.73. The lowest BCUT2D eigenvalue weighted by atomic mass is 10.1. The van der Waals surface area contributed by atoms with Crippen molar-refractivity contribution in [2.75, 3.05) is 11.1 Å². The molecule has 0 atom stereocenters. The van der Waals surface area contributed by atoms with Crippen LogP contribution in [-0.4, -0.2) is 31.1 Å². The molecule has 33 heavy (non-hydrogen) atoms. The van der Waals surface area contributed by atoms with Crippen LogP contribution in [0.1, 0.15) is 42.4 Å². The Labute approximate surface area is 199 Å². The Bertz CT molecular complexity index is 1280. The van der Waals surface area contributed by atoms with Crippen molar-refractivity contribution in [1.29, 1.82) is 0 Å². The third kappa shape index (κ3) is 5.75. The van der Waals surface area contributed by atoms with Crippen LogP contribution in [0.4, 0.5) is 5.69 Å². The molecule has 1 aliphatic carbocycles. The van der Waals surface area contributed by atoms with Gasteiger partial charge in [0, 0.05) is 17.1 Å². The number of nitrogens with zero attached hydrogens (tertiary/aromatic N) is 1. The zero-order chi connectivity index (χ0) is 23.6. The number of carbonyl (C=O) groups excluding carboxylic acids is 1. The van der Waals surface area contributed by atoms with Gasteiger partial charge in [0.1, 0.15) is 5.03 Å². The SMILES string of the molecule is Cc1cc(C)c2nc(SCC(=O)Nc3ccc(S(=O)(=O)NC4CCCC4)cc3)c(C)cc2c1. The van der Waals surface area contributed by atoms with Gasteiger partial charge in [0.2, 0.25) is 15.9 Å². The molecule has 1 saturated carbocycles. The number of thioether (sulfide) groups is 1. The highest BCUT2D eigenvalue weighted by molar-refractivity contribution is 8.00. The molecule has 6 nitrogen and oxygen atoms in total. The maximum atomic E-state index is 12.5. The van der Waals surface area contributed by atoms with E-state index in [1.54, 1.807) is 12.1 Å². The van der Waals surface area contributed by atoms with Crippen molar-refractivity contribution in [2.45, 2.75) is 62.4 Å². The van der Waals surface area contributed by atoms with E-state index in [1.807, 2.05) is 13.8 Å². The molecule has 1 fully saturated rings. The lowest BCUT2D eigenvalue weighted by Crippen LogP contribution is -2.32. The van der Waals surface area contributed by atoms with Crippen LogP contribution in [0, 0.1) is 20.8 Å². The predicted octanol–water partition coefficient (Wildman–Crippen LogP) is 5.11. The number of fused-ring (bicyclic) bond motifs is 1. The topological polar surface area (TPSA) is 88.2 Å². The van der Waals surface area contributed by atoms with E-state index in [-0.39, 0.29) is 22.6 Å². The van der Waals surface area contributed by atoms with E-state index in [0.29, 0.717) is 5.69 Å². The summed E-state index contributed by atoms with van der Waals surface area (Å²) in [6, 6.07) is 12.7. The monoisotopic (exact) mass is 483 g/mol. The fourth-order valence-electron chi connectivity index (χ4n) is 4.27. The number of amides is 1. The van der Waals surface area contributed by atoms with Crippen molar-refractivity contribution in [3.8, 4) is 0 Å². The summed E-state index contributed by atoms with van der Waals surface area (Å²) in [5.41, 5.74) is 4.88. The van der Waals surface area contributed by atoms with Gasteiger partial charge in [-0.3, -0.25) is 4.79 Å². The number of anilines is 1. The van der Waals surface area contributed by atoms with Gasteiger partial charge in [0.15, 0.2) is 0 Å². The fraction of sp³-hybridized carbons (Fsp3) is 0.360. The molecule has 1 heterocycles. The highest BCUT2D eigenvalue weighted by Gasteiger charge is 2.22. The molecule has 0 radical (unpaired) electrons. The molecule has 2 N–H and O–H groups in total. The zero-order valence-corrected chi connectivity index (χ0v) is 20.8. The van der Waals surface area contributed by atoms with Crippen LogP contribution in [-0.2, 0) is 14.8 Å². The standard InChI is InChI=1S/C25H29N3O3S2/c1-16-12-17(2)24-19(13-16)14-18(3)25(27-24)32-15-23(29)26-20-8-10-22(11-9-20)33(30,31)28-21-6-4-5-7-21/h8-14,21,28H,4-7,15H2,1-3H3,(H,26,29). The second kappa shape index (κ2) is 9.83. The summed E-state index contributed by atoms with van der Waals surface area (Å²) in [7, 11) is -3.54. The molecule has 0 saturated heterocycles. The summed E-state index contributed by atoms with van der Waals surface area (Å²) in [6.07, 6.45) is 3.89. The first-order valence-electron chi connectivity index (χ1n) is 11.1. The summed E-state index contributed by atoms with van der Waals surface area (Å²) >= 11 is 1.40. The fourth-order valence-corrected chi connectivity index (χ4v) is 6.35. The zero-order valence-electron chi connectivity index (χ0n) is 19.1. The maximum absolute atomic E-state index is 12.5. The number of hydrogen-bond acceptors (Lipinski definition) is 5. The lowest BCUT2D eigenvalue weighted by molar-refractivity contribution is -0.113. The van der Waals surface area contributed by atoms with Crippen molar-refractivity contribution in [2.24, 2.45) is 0 Å². The van der Waals surface area contributed by atoms with Crippen molar-refractivity contribution >= 4 is 44.3 Å². The van der Waals surface area contributed by atoms with E-state index >= 15 is 0 Å². The third-order valence-corrected chi connectivity index (χ3v) is 8.49. The van der Waals surface area contributed by atoms with Crippen LogP contribution < -0.4 is 10.0 Å². The lowest BCUT2D eigenvalue weighted by Gasteiger charge is -2.13. The van der Waals surface area contributed by atoms with E-state index in [1.165, 1.54) is 29.5 Å². The number of carbonyl (C=O) groups is 1. The van der Waals surface area contributed by atoms with Crippen molar-refractivity contribution in [3.05, 3.63) is 59.2 Å². The molecule has 1 aliphatic rings. The van der Waals surface area contributed by atoms with E-state index in [2.05, 4.69) is 35.2 Å². The van der Waals surface area contributed by atoms with Crippen LogP contribution in [0.3, 0.4) is 0 Å². The second-order valence-corrected chi connectivity index (χ2v) is 11.4. The van der Waals surface area contributed by atoms with E-state index in [4.69, 9.17) is 4.98 Å². The predicted molar refractivity (Wildman–Crippen MR) is 134 cm³/mol. The van der Waals surface area contributed by atoms with Gasteiger partial charge >= 0.3 is 0 Å². The Balaban J connectivity index is 1.37. The first kappa shape index (κ1) is 23.7. The van der Waals surface area contributed by atoms with Crippen molar-refractivity contribution in [3.63, 3.8) is 0 Å². The van der Waals surface area contributed by atoms with Gasteiger partial charge in [-0.05, 0) is 81.1 Å². The average Bonchev–Trinajstić information content (AvgIpc) is 3.25. The van der Waals surface area contributed by atoms with E-state index in [0.717, 1.165) is 52.7 Å². The van der Waals surface area contributed by atoms with Gasteiger partial charge in [-0.2, -0.15) is 0 Å². The van der Waals surface area contributed by atoms with Gasteiger partial charge in [-0.25, -0.2) is 18.1 Å². The minimum Gasteiger partial charge on any atom is -0.325 e. The highest BCUT2D eigenvalue weighted by atomic mass is 32.2. The van der Waals surface area contributed by atoms with Crippen LogP contribution >= 0.6 is 11.8 Å². The van der Waals surface area contributed by atoms with E-state index < -0.39 is 10.0 Å². The first-order valence-corrected chi connectivity index (χ1v) is 13.6. The summed E-state index contributed by atoms with van der Waals surface area (Å²) in [5.74, 6) is 0.0506. The number of rotatable bonds is 7. The third-order valence-electron chi connectivity index (χ3n) is 5.86. The van der Waals surface area contributed by atoms with Gasteiger partial charge in [0.25, 0.3) is 0 Å². The number of nitrogens with one attached hydrogen (secondary N) is 2. The summed E-state index contributed by atoms with van der Waals surface area (Å²) in [6.45, 7) is 6.12. The van der Waals surface area contributed by atoms with Gasteiger partial charge in [-0.15, -0.1) is 0 Å². The van der Waals surface area contributed by atoms with Crippen LogP contribution in [0.2, 0.25) is 0 Å². The van der Waals surface area contributed by atoms with Crippen LogP contribution in [0.5, 0.6) is 0 Å². The number of hydrogen-bond donors (Lipinski definition) is 2. The van der Waals surface area contributed by atoms with Crippen molar-refractivity contribution in [1.82, 2.24) is 9.71 Å².